The maximum Gasteiger partial charge on any atom is 0.118 e. The minimum atomic E-state index is 0.428. The van der Waals surface area contributed by atoms with Gasteiger partial charge in [0, 0.05) is 0 Å². The Labute approximate surface area is 73.0 Å². The summed E-state index contributed by atoms with van der Waals surface area (Å²) in [4.78, 5) is 0. The monoisotopic (exact) mass is 162 g/mol. The lowest BCUT2D eigenvalue weighted by atomic mass is 9.99. The molecule has 1 aromatic rings. The Morgan fingerprint density at radius 2 is 1.83 bits per heavy atom. The van der Waals surface area contributed by atoms with Crippen molar-refractivity contribution in [2.45, 2.75) is 32.6 Å². The summed E-state index contributed by atoms with van der Waals surface area (Å²) in [5.41, 5.74) is 3.75. The van der Waals surface area contributed by atoms with Crippen LogP contribution >= 0.6 is 0 Å². The summed E-state index contributed by atoms with van der Waals surface area (Å²) < 4.78 is 0. The van der Waals surface area contributed by atoms with Crippen LogP contribution in [-0.2, 0) is 0 Å². The van der Waals surface area contributed by atoms with Gasteiger partial charge in [0.05, 0.1) is 0 Å². The van der Waals surface area contributed by atoms with E-state index in [4.69, 9.17) is 0 Å². The van der Waals surface area contributed by atoms with E-state index in [0.717, 1.165) is 11.5 Å². The van der Waals surface area contributed by atoms with Gasteiger partial charge in [-0.1, -0.05) is 6.07 Å². The topological polar surface area (TPSA) is 20.2 Å². The van der Waals surface area contributed by atoms with E-state index in [-0.39, 0.29) is 0 Å². The fourth-order valence-corrected chi connectivity index (χ4v) is 1.66. The lowest BCUT2D eigenvalue weighted by Crippen LogP contribution is -1.89. The first-order valence-corrected chi connectivity index (χ1v) is 4.49. The first kappa shape index (κ1) is 7.66. The quantitative estimate of drug-likeness (QED) is 0.673. The Bertz CT molecular complexity index is 311. The Morgan fingerprint density at radius 3 is 2.42 bits per heavy atom. The molecule has 12 heavy (non-hydrogen) atoms. The molecule has 0 amide bonds. The number of aromatic hydroxyl groups is 1. The third-order valence-electron chi connectivity index (χ3n) is 2.82. The molecule has 1 aromatic carbocycles. The van der Waals surface area contributed by atoms with Crippen LogP contribution in [0.2, 0.25) is 0 Å². The SMILES string of the molecule is Cc1c(O)ccc(C2CC2)c1C. The summed E-state index contributed by atoms with van der Waals surface area (Å²) in [7, 11) is 0. The Balaban J connectivity index is 2.49. The van der Waals surface area contributed by atoms with Crippen LogP contribution in [0.1, 0.15) is 35.4 Å². The highest BCUT2D eigenvalue weighted by atomic mass is 16.3. The van der Waals surface area contributed by atoms with Crippen molar-refractivity contribution in [2.75, 3.05) is 0 Å². The molecule has 0 saturated heterocycles. The lowest BCUT2D eigenvalue weighted by Gasteiger charge is -2.08. The first-order valence-electron chi connectivity index (χ1n) is 4.49. The van der Waals surface area contributed by atoms with Crippen LogP contribution in [0.5, 0.6) is 5.75 Å². The predicted molar refractivity (Wildman–Crippen MR) is 49.6 cm³/mol. The van der Waals surface area contributed by atoms with Crippen molar-refractivity contribution in [1.29, 1.82) is 0 Å². The highest BCUT2D eigenvalue weighted by Gasteiger charge is 2.25. The summed E-state index contributed by atoms with van der Waals surface area (Å²) in [6.07, 6.45) is 2.65. The van der Waals surface area contributed by atoms with Crippen LogP contribution in [0.15, 0.2) is 12.1 Å². The second-order valence-corrected chi connectivity index (χ2v) is 3.70. The van der Waals surface area contributed by atoms with E-state index in [1.54, 1.807) is 0 Å². The van der Waals surface area contributed by atoms with Gasteiger partial charge in [0.2, 0.25) is 0 Å². The van der Waals surface area contributed by atoms with Crippen molar-refractivity contribution < 1.29 is 5.11 Å². The van der Waals surface area contributed by atoms with E-state index in [9.17, 15) is 5.11 Å². The molecule has 1 heteroatoms. The minimum Gasteiger partial charge on any atom is -0.508 e. The molecule has 1 aliphatic carbocycles. The Morgan fingerprint density at radius 1 is 1.17 bits per heavy atom. The van der Waals surface area contributed by atoms with E-state index >= 15 is 0 Å². The number of hydrogen-bond acceptors (Lipinski definition) is 1. The molecule has 0 radical (unpaired) electrons. The summed E-state index contributed by atoms with van der Waals surface area (Å²) >= 11 is 0. The third-order valence-corrected chi connectivity index (χ3v) is 2.82. The maximum atomic E-state index is 9.43. The molecule has 0 aliphatic heterocycles. The fraction of sp³-hybridized carbons (Fsp3) is 0.455. The standard InChI is InChI=1S/C11H14O/c1-7-8(2)11(12)6-5-10(7)9-3-4-9/h5-6,9,12H,3-4H2,1-2H3. The highest BCUT2D eigenvalue weighted by molar-refractivity contribution is 5.45. The van der Waals surface area contributed by atoms with Crippen LogP contribution in [0.4, 0.5) is 0 Å². The zero-order valence-corrected chi connectivity index (χ0v) is 7.59. The number of benzene rings is 1. The van der Waals surface area contributed by atoms with Crippen molar-refractivity contribution in [3.8, 4) is 5.75 Å². The summed E-state index contributed by atoms with van der Waals surface area (Å²) in [6.45, 7) is 4.08. The number of rotatable bonds is 1. The van der Waals surface area contributed by atoms with Crippen molar-refractivity contribution >= 4 is 0 Å². The van der Waals surface area contributed by atoms with Gasteiger partial charge in [0.15, 0.2) is 0 Å². The van der Waals surface area contributed by atoms with E-state index in [1.165, 1.54) is 24.0 Å². The molecule has 0 spiro atoms. The van der Waals surface area contributed by atoms with E-state index in [1.807, 2.05) is 13.0 Å². The molecule has 0 aromatic heterocycles. The molecule has 2 rings (SSSR count). The van der Waals surface area contributed by atoms with Gasteiger partial charge < -0.3 is 5.11 Å². The first-order chi connectivity index (χ1) is 5.70. The minimum absolute atomic E-state index is 0.428. The molecule has 1 saturated carbocycles. The van der Waals surface area contributed by atoms with Gasteiger partial charge in [-0.05, 0) is 55.4 Å². The molecule has 1 aliphatic rings. The van der Waals surface area contributed by atoms with Gasteiger partial charge in [0.25, 0.3) is 0 Å². The average molecular weight is 162 g/mol. The average Bonchev–Trinajstić information content (AvgIpc) is 2.84. The second kappa shape index (κ2) is 2.51. The molecule has 0 unspecified atom stereocenters. The predicted octanol–water partition coefficient (Wildman–Crippen LogP) is 2.89. The molecule has 64 valence electrons. The normalized spacial score (nSPS) is 16.5. The van der Waals surface area contributed by atoms with Gasteiger partial charge in [-0.2, -0.15) is 0 Å². The van der Waals surface area contributed by atoms with Gasteiger partial charge in [0.1, 0.15) is 5.75 Å². The zero-order valence-electron chi connectivity index (χ0n) is 7.59. The lowest BCUT2D eigenvalue weighted by molar-refractivity contribution is 0.470. The van der Waals surface area contributed by atoms with Gasteiger partial charge in [-0.3, -0.25) is 0 Å². The smallest absolute Gasteiger partial charge is 0.118 e. The zero-order chi connectivity index (χ0) is 8.72. The van der Waals surface area contributed by atoms with Crippen molar-refractivity contribution in [2.24, 2.45) is 0 Å². The number of phenols is 1. The van der Waals surface area contributed by atoms with Crippen molar-refractivity contribution in [1.82, 2.24) is 0 Å². The Kier molecular flexibility index (Phi) is 1.60. The van der Waals surface area contributed by atoms with Crippen LogP contribution in [0, 0.1) is 13.8 Å². The van der Waals surface area contributed by atoms with Crippen molar-refractivity contribution in [3.05, 3.63) is 28.8 Å². The molecule has 0 bridgehead atoms. The molecular formula is C11H14O. The molecule has 0 atom stereocenters. The number of phenolic OH excluding ortho intramolecular Hbond substituents is 1. The van der Waals surface area contributed by atoms with E-state index in [2.05, 4.69) is 13.0 Å². The summed E-state index contributed by atoms with van der Waals surface area (Å²) in [5.74, 6) is 1.21. The summed E-state index contributed by atoms with van der Waals surface area (Å²) in [6, 6.07) is 3.88. The highest BCUT2D eigenvalue weighted by Crippen LogP contribution is 2.43. The Hall–Kier alpha value is -0.980. The van der Waals surface area contributed by atoms with Crippen molar-refractivity contribution in [3.63, 3.8) is 0 Å². The molecule has 1 nitrogen and oxygen atoms in total. The fourth-order valence-electron chi connectivity index (χ4n) is 1.66. The van der Waals surface area contributed by atoms with Crippen LogP contribution in [0.25, 0.3) is 0 Å². The molecular weight excluding hydrogens is 148 g/mol. The summed E-state index contributed by atoms with van der Waals surface area (Å²) in [5, 5.41) is 9.43. The number of hydrogen-bond donors (Lipinski definition) is 1. The molecule has 0 heterocycles. The maximum absolute atomic E-state index is 9.43. The van der Waals surface area contributed by atoms with Gasteiger partial charge >= 0.3 is 0 Å². The molecule has 1 fully saturated rings. The largest absolute Gasteiger partial charge is 0.508 e. The van der Waals surface area contributed by atoms with E-state index < -0.39 is 0 Å². The van der Waals surface area contributed by atoms with E-state index in [0.29, 0.717) is 5.75 Å². The second-order valence-electron chi connectivity index (χ2n) is 3.70. The van der Waals surface area contributed by atoms with Gasteiger partial charge in [-0.15, -0.1) is 0 Å². The third kappa shape index (κ3) is 1.09. The van der Waals surface area contributed by atoms with Crippen LogP contribution < -0.4 is 0 Å². The van der Waals surface area contributed by atoms with Gasteiger partial charge in [-0.25, -0.2) is 0 Å². The van der Waals surface area contributed by atoms with Crippen LogP contribution in [0.3, 0.4) is 0 Å². The van der Waals surface area contributed by atoms with Crippen LogP contribution in [-0.4, -0.2) is 5.11 Å². The molecule has 1 N–H and O–H groups in total.